The fourth-order valence-electron chi connectivity index (χ4n) is 7.25. The predicted octanol–water partition coefficient (Wildman–Crippen LogP) is 5.75. The van der Waals surface area contributed by atoms with Crippen LogP contribution in [0.2, 0.25) is 0 Å². The van der Waals surface area contributed by atoms with Crippen molar-refractivity contribution < 1.29 is 14.3 Å². The second kappa shape index (κ2) is 12.4. The number of amides is 1. The highest BCUT2D eigenvalue weighted by atomic mass is 32.1. The number of aromatic nitrogens is 4. The first-order chi connectivity index (χ1) is 21.3. The average Bonchev–Trinajstić information content (AvgIpc) is 3.74. The highest BCUT2D eigenvalue weighted by molar-refractivity contribution is 7.19. The molecule has 2 saturated heterocycles. The Morgan fingerprint density at radius 1 is 1.00 bits per heavy atom. The molecule has 1 amide bonds. The van der Waals surface area contributed by atoms with Gasteiger partial charge in [0.15, 0.2) is 0 Å². The fraction of sp³-hybridized carbons (Fsp3) is 0.688. The Hall–Kier alpha value is -2.96. The molecule has 0 radical (unpaired) electrons. The normalized spacial score (nSPS) is 23.6. The minimum absolute atomic E-state index is 0.234. The molecule has 5 heterocycles. The Bertz CT molecular complexity index is 1460. The molecule has 0 unspecified atom stereocenters. The van der Waals surface area contributed by atoms with Gasteiger partial charge in [0, 0.05) is 49.3 Å². The van der Waals surface area contributed by atoms with Crippen molar-refractivity contribution in [3.05, 3.63) is 22.8 Å². The summed E-state index contributed by atoms with van der Waals surface area (Å²) in [5, 5.41) is 13.2. The summed E-state index contributed by atoms with van der Waals surface area (Å²) in [4.78, 5) is 29.5. The van der Waals surface area contributed by atoms with E-state index in [9.17, 15) is 4.79 Å². The van der Waals surface area contributed by atoms with E-state index in [-0.39, 0.29) is 12.1 Å². The molecule has 2 N–H and O–H groups in total. The number of hydrogen-bond donors (Lipinski definition) is 2. The topological polar surface area (TPSA) is 110 Å². The summed E-state index contributed by atoms with van der Waals surface area (Å²) in [6.45, 7) is 10.9. The molecule has 0 aromatic carbocycles. The summed E-state index contributed by atoms with van der Waals surface area (Å²) in [6, 6.07) is 1.33. The molecule has 3 fully saturated rings. The van der Waals surface area contributed by atoms with Crippen molar-refractivity contribution in [2.75, 3.05) is 50.0 Å². The van der Waals surface area contributed by atoms with E-state index in [1.165, 1.54) is 35.1 Å². The second-order valence-electron chi connectivity index (χ2n) is 13.8. The molecule has 238 valence electrons. The molecule has 1 saturated carbocycles. The molecule has 0 bridgehead atoms. The number of thiophene rings is 1. The van der Waals surface area contributed by atoms with E-state index in [1.54, 1.807) is 4.90 Å². The van der Waals surface area contributed by atoms with Gasteiger partial charge in [0.25, 0.3) is 0 Å². The molecular weight excluding hydrogens is 576 g/mol. The van der Waals surface area contributed by atoms with Gasteiger partial charge < -0.3 is 25.0 Å². The zero-order valence-corrected chi connectivity index (χ0v) is 27.1. The maximum Gasteiger partial charge on any atom is 0.410 e. The van der Waals surface area contributed by atoms with E-state index in [2.05, 4.69) is 20.6 Å². The van der Waals surface area contributed by atoms with Crippen LogP contribution < -0.4 is 10.6 Å². The van der Waals surface area contributed by atoms with Crippen LogP contribution in [0.25, 0.3) is 10.2 Å². The lowest BCUT2D eigenvalue weighted by Gasteiger charge is -2.39. The van der Waals surface area contributed by atoms with E-state index in [1.807, 2.05) is 49.2 Å². The number of carbonyl (C=O) groups is 1. The van der Waals surface area contributed by atoms with Crippen LogP contribution in [0, 0.1) is 0 Å². The molecule has 3 aromatic rings. The number of piperidine rings is 1. The van der Waals surface area contributed by atoms with E-state index >= 15 is 0 Å². The Morgan fingerprint density at radius 2 is 1.77 bits per heavy atom. The van der Waals surface area contributed by atoms with Gasteiger partial charge in [0.1, 0.15) is 16.2 Å². The van der Waals surface area contributed by atoms with Crippen LogP contribution >= 0.6 is 11.3 Å². The zero-order valence-electron chi connectivity index (χ0n) is 26.3. The number of carbonyl (C=O) groups excluding carboxylic acids is 1. The lowest BCUT2D eigenvalue weighted by Crippen LogP contribution is -2.46. The molecular formula is C32H46N8O3S. The quantitative estimate of drug-likeness (QED) is 0.355. The van der Waals surface area contributed by atoms with E-state index in [4.69, 9.17) is 19.4 Å². The number of aryl methyl sites for hydroxylation is 2. The van der Waals surface area contributed by atoms with Crippen LogP contribution in [0.4, 0.5) is 22.2 Å². The van der Waals surface area contributed by atoms with Crippen molar-refractivity contribution in [1.29, 1.82) is 0 Å². The summed E-state index contributed by atoms with van der Waals surface area (Å²) in [7, 11) is 0. The van der Waals surface area contributed by atoms with Crippen LogP contribution in [0.3, 0.4) is 0 Å². The Kier molecular flexibility index (Phi) is 8.41. The van der Waals surface area contributed by atoms with Gasteiger partial charge in [0.05, 0.1) is 36.5 Å². The first kappa shape index (κ1) is 29.7. The number of ether oxygens (including phenoxy) is 2. The fourth-order valence-corrected chi connectivity index (χ4v) is 8.51. The number of hydrogen-bond acceptors (Lipinski definition) is 10. The molecule has 44 heavy (non-hydrogen) atoms. The van der Waals surface area contributed by atoms with Crippen LogP contribution in [-0.4, -0.2) is 92.7 Å². The summed E-state index contributed by atoms with van der Waals surface area (Å²) in [5.74, 6) is 1.59. The van der Waals surface area contributed by atoms with Crippen molar-refractivity contribution in [3.63, 3.8) is 0 Å². The number of nitrogens with zero attached hydrogens (tertiary/aromatic N) is 6. The molecule has 0 atom stereocenters. The third-order valence-electron chi connectivity index (χ3n) is 9.51. The van der Waals surface area contributed by atoms with Gasteiger partial charge >= 0.3 is 6.09 Å². The maximum absolute atomic E-state index is 12.5. The van der Waals surface area contributed by atoms with Crippen LogP contribution in [0.1, 0.15) is 82.2 Å². The number of nitrogens with one attached hydrogen (secondary N) is 2. The average molecular weight is 623 g/mol. The number of fused-ring (bicyclic) bond motifs is 3. The SMILES string of the molecule is CC(C)(C)OC(=O)N1CCC(n2cc(Nc3nc(NC4CCC(N5CCOCC5)CC4)c4c5c(sc4n3)CCC5)cn2)CC1. The Balaban J connectivity index is 1.02. The molecule has 2 aliphatic heterocycles. The molecule has 12 heteroatoms. The van der Waals surface area contributed by atoms with Crippen molar-refractivity contribution in [2.45, 2.75) is 102 Å². The zero-order chi connectivity index (χ0) is 30.3. The second-order valence-corrected chi connectivity index (χ2v) is 14.8. The number of likely N-dealkylation sites (tertiary alicyclic amines) is 1. The summed E-state index contributed by atoms with van der Waals surface area (Å²) in [6.07, 6.45) is 13.5. The molecule has 0 spiro atoms. The minimum Gasteiger partial charge on any atom is -0.444 e. The first-order valence-corrected chi connectivity index (χ1v) is 17.3. The Morgan fingerprint density at radius 3 is 2.52 bits per heavy atom. The van der Waals surface area contributed by atoms with Crippen molar-refractivity contribution in [2.24, 2.45) is 0 Å². The summed E-state index contributed by atoms with van der Waals surface area (Å²) < 4.78 is 13.1. The van der Waals surface area contributed by atoms with Gasteiger partial charge in [-0.15, -0.1) is 11.3 Å². The lowest BCUT2D eigenvalue weighted by molar-refractivity contribution is 0.00790. The number of anilines is 3. The van der Waals surface area contributed by atoms with Crippen molar-refractivity contribution >= 4 is 45.1 Å². The van der Waals surface area contributed by atoms with Crippen LogP contribution in [0.5, 0.6) is 0 Å². The monoisotopic (exact) mass is 622 g/mol. The highest BCUT2D eigenvalue weighted by Crippen LogP contribution is 2.41. The van der Waals surface area contributed by atoms with E-state index in [0.29, 0.717) is 31.1 Å². The summed E-state index contributed by atoms with van der Waals surface area (Å²) in [5.41, 5.74) is 1.84. The molecule has 2 aliphatic carbocycles. The van der Waals surface area contributed by atoms with Gasteiger partial charge in [-0.25, -0.2) is 9.78 Å². The molecule has 3 aromatic heterocycles. The van der Waals surface area contributed by atoms with Gasteiger partial charge in [-0.1, -0.05) is 0 Å². The predicted molar refractivity (Wildman–Crippen MR) is 173 cm³/mol. The smallest absolute Gasteiger partial charge is 0.410 e. The highest BCUT2D eigenvalue weighted by Gasteiger charge is 2.30. The minimum atomic E-state index is -0.483. The third-order valence-corrected chi connectivity index (χ3v) is 10.7. The lowest BCUT2D eigenvalue weighted by atomic mass is 9.90. The first-order valence-electron chi connectivity index (χ1n) is 16.5. The number of morpholine rings is 1. The number of rotatable bonds is 6. The molecule has 11 nitrogen and oxygen atoms in total. The van der Waals surface area contributed by atoms with Gasteiger partial charge in [-0.2, -0.15) is 10.1 Å². The molecule has 4 aliphatic rings. The van der Waals surface area contributed by atoms with Gasteiger partial charge in [-0.05, 0) is 84.1 Å². The van der Waals surface area contributed by atoms with Gasteiger partial charge in [-0.3, -0.25) is 9.58 Å². The summed E-state index contributed by atoms with van der Waals surface area (Å²) >= 11 is 1.83. The van der Waals surface area contributed by atoms with Crippen molar-refractivity contribution in [3.8, 4) is 0 Å². The van der Waals surface area contributed by atoms with E-state index < -0.39 is 5.60 Å². The van der Waals surface area contributed by atoms with Crippen molar-refractivity contribution in [1.82, 2.24) is 29.5 Å². The standard InChI is InChI=1S/C32H46N8O3S/c1-32(2,3)43-31(41)39-13-11-24(12-14-39)40-20-22(19-33-40)35-30-36-28(27-25-5-4-6-26(25)44-29(27)37-30)34-21-7-9-23(10-8-21)38-15-17-42-18-16-38/h19-21,23-24H,4-18H2,1-3H3,(H2,34,35,36,37). The largest absolute Gasteiger partial charge is 0.444 e. The van der Waals surface area contributed by atoms with Gasteiger partial charge in [0.2, 0.25) is 5.95 Å². The molecule has 7 rings (SSSR count). The maximum atomic E-state index is 12.5. The van der Waals surface area contributed by atoms with E-state index in [0.717, 1.165) is 81.2 Å². The third kappa shape index (κ3) is 6.53. The van der Waals surface area contributed by atoms with Crippen LogP contribution in [0.15, 0.2) is 12.4 Å². The van der Waals surface area contributed by atoms with Crippen LogP contribution in [-0.2, 0) is 22.3 Å². The Labute approximate surface area is 263 Å².